The summed E-state index contributed by atoms with van der Waals surface area (Å²) in [7, 11) is 0. The lowest BCUT2D eigenvalue weighted by atomic mass is 9.91. The second-order valence-corrected chi connectivity index (χ2v) is 7.24. The number of carbonyl (C=O) groups excluding carboxylic acids is 2. The minimum atomic E-state index is -1.06. The van der Waals surface area contributed by atoms with Crippen LogP contribution in [-0.4, -0.2) is 60.0 Å². The third kappa shape index (κ3) is 6.34. The Labute approximate surface area is 154 Å². The van der Waals surface area contributed by atoms with Gasteiger partial charge in [-0.2, -0.15) is 0 Å². The molecule has 2 saturated heterocycles. The predicted molar refractivity (Wildman–Crippen MR) is 97.1 cm³/mol. The van der Waals surface area contributed by atoms with Gasteiger partial charge in [-0.25, -0.2) is 0 Å². The van der Waals surface area contributed by atoms with Gasteiger partial charge in [0.1, 0.15) is 6.04 Å². The zero-order chi connectivity index (χ0) is 18.9. The molecule has 0 saturated carbocycles. The molecule has 2 rings (SSSR count). The highest BCUT2D eigenvalue weighted by Crippen LogP contribution is 2.23. The van der Waals surface area contributed by atoms with Crippen LogP contribution in [0.1, 0.15) is 44.9 Å². The van der Waals surface area contributed by atoms with Gasteiger partial charge in [-0.1, -0.05) is 5.92 Å². The van der Waals surface area contributed by atoms with E-state index in [1.54, 1.807) is 0 Å². The summed E-state index contributed by atoms with van der Waals surface area (Å²) in [4.78, 5) is 37.4. The maximum absolute atomic E-state index is 12.7. The molecule has 3 N–H and O–H groups in total. The van der Waals surface area contributed by atoms with Gasteiger partial charge in [-0.3, -0.25) is 14.4 Å². The Morgan fingerprint density at radius 1 is 1.35 bits per heavy atom. The van der Waals surface area contributed by atoms with Crippen LogP contribution in [0.4, 0.5) is 0 Å². The van der Waals surface area contributed by atoms with E-state index < -0.39 is 12.0 Å². The third-order valence-electron chi connectivity index (χ3n) is 5.25. The number of likely N-dealkylation sites (tertiary alicyclic amines) is 1. The zero-order valence-corrected chi connectivity index (χ0v) is 15.2. The average Bonchev–Trinajstić information content (AvgIpc) is 2.62. The molecule has 144 valence electrons. The molecule has 0 aliphatic carbocycles. The van der Waals surface area contributed by atoms with Gasteiger partial charge in [0, 0.05) is 25.4 Å². The number of piperidine rings is 2. The first-order valence-corrected chi connectivity index (χ1v) is 9.46. The lowest BCUT2D eigenvalue weighted by Crippen LogP contribution is -2.45. The van der Waals surface area contributed by atoms with E-state index in [0.29, 0.717) is 12.3 Å². The molecule has 2 fully saturated rings. The smallest absolute Gasteiger partial charge is 0.306 e. The number of rotatable bonds is 8. The Balaban J connectivity index is 1.79. The van der Waals surface area contributed by atoms with Crippen molar-refractivity contribution in [2.45, 2.75) is 51.0 Å². The monoisotopic (exact) mass is 363 g/mol. The summed E-state index contributed by atoms with van der Waals surface area (Å²) in [5, 5.41) is 14.7. The predicted octanol–water partition coefficient (Wildman–Crippen LogP) is 0.598. The minimum Gasteiger partial charge on any atom is -0.481 e. The Bertz CT molecular complexity index is 551. The average molecular weight is 363 g/mol. The second kappa shape index (κ2) is 10.2. The van der Waals surface area contributed by atoms with Crippen molar-refractivity contribution in [3.8, 4) is 12.3 Å². The number of terminal acetylenes is 1. The molecule has 2 aliphatic heterocycles. The Kier molecular flexibility index (Phi) is 7.92. The fourth-order valence-electron chi connectivity index (χ4n) is 3.74. The highest BCUT2D eigenvalue weighted by atomic mass is 16.4. The van der Waals surface area contributed by atoms with Crippen LogP contribution in [0.25, 0.3) is 0 Å². The number of hydrogen-bond acceptors (Lipinski definition) is 4. The summed E-state index contributed by atoms with van der Waals surface area (Å²) in [5.74, 6) is 1.22. The maximum atomic E-state index is 12.7. The van der Waals surface area contributed by atoms with E-state index in [1.807, 2.05) is 4.90 Å². The van der Waals surface area contributed by atoms with Crippen LogP contribution in [-0.2, 0) is 14.4 Å². The van der Waals surface area contributed by atoms with E-state index in [-0.39, 0.29) is 30.6 Å². The molecule has 7 heteroatoms. The van der Waals surface area contributed by atoms with Crippen LogP contribution in [0, 0.1) is 24.2 Å². The molecule has 7 nitrogen and oxygen atoms in total. The van der Waals surface area contributed by atoms with Crippen molar-refractivity contribution >= 4 is 17.8 Å². The molecule has 0 aromatic rings. The van der Waals surface area contributed by atoms with Crippen LogP contribution < -0.4 is 10.6 Å². The first-order chi connectivity index (χ1) is 12.5. The number of carbonyl (C=O) groups is 3. The van der Waals surface area contributed by atoms with Gasteiger partial charge in [0.05, 0.1) is 6.42 Å². The molecule has 0 unspecified atom stereocenters. The highest BCUT2D eigenvalue weighted by Gasteiger charge is 2.31. The van der Waals surface area contributed by atoms with Crippen molar-refractivity contribution in [3.05, 3.63) is 0 Å². The van der Waals surface area contributed by atoms with Crippen LogP contribution in [0.2, 0.25) is 0 Å². The molecule has 2 atom stereocenters. The van der Waals surface area contributed by atoms with E-state index in [4.69, 9.17) is 11.5 Å². The summed E-state index contributed by atoms with van der Waals surface area (Å²) in [6, 6.07) is -0.838. The first kappa shape index (κ1) is 20.2. The van der Waals surface area contributed by atoms with Crippen LogP contribution in [0.15, 0.2) is 0 Å². The van der Waals surface area contributed by atoms with Crippen molar-refractivity contribution < 1.29 is 19.5 Å². The molecule has 0 aromatic carbocycles. The van der Waals surface area contributed by atoms with E-state index in [1.165, 1.54) is 0 Å². The van der Waals surface area contributed by atoms with E-state index in [0.717, 1.165) is 51.9 Å². The number of nitrogens with one attached hydrogen (secondary N) is 2. The Morgan fingerprint density at radius 3 is 2.73 bits per heavy atom. The van der Waals surface area contributed by atoms with Crippen molar-refractivity contribution in [3.63, 3.8) is 0 Å². The van der Waals surface area contributed by atoms with Crippen LogP contribution in [0.3, 0.4) is 0 Å². The second-order valence-electron chi connectivity index (χ2n) is 7.24. The lowest BCUT2D eigenvalue weighted by Gasteiger charge is -2.34. The van der Waals surface area contributed by atoms with Crippen molar-refractivity contribution in [1.29, 1.82) is 0 Å². The highest BCUT2D eigenvalue weighted by molar-refractivity contribution is 5.86. The number of carboxylic acid groups (broad SMARTS) is 1. The van der Waals surface area contributed by atoms with Gasteiger partial charge in [-0.15, -0.1) is 6.42 Å². The zero-order valence-electron chi connectivity index (χ0n) is 15.2. The Morgan fingerprint density at radius 2 is 2.08 bits per heavy atom. The molecule has 2 amide bonds. The standard InChI is InChI=1S/C19H29N3O4/c1-2-16(13-18(24)25)21-17(23)12-15-4-3-10-22(19(15)26)11-7-14-5-8-20-9-6-14/h1,14-16,20H,3-13H2,(H,21,23)(H,24,25)/t15-,16-/m1/s1. The minimum absolute atomic E-state index is 0.0378. The number of aliphatic carboxylic acids is 1. The SMILES string of the molecule is C#C[C@H](CC(=O)O)NC(=O)C[C@H]1CCCN(CCC2CCNCC2)C1=O. The molecule has 0 aromatic heterocycles. The van der Waals surface area contributed by atoms with Gasteiger partial charge in [0.15, 0.2) is 0 Å². The maximum Gasteiger partial charge on any atom is 0.306 e. The quantitative estimate of drug-likeness (QED) is 0.549. The summed E-state index contributed by atoms with van der Waals surface area (Å²) in [6.07, 6.45) is 9.92. The topological polar surface area (TPSA) is 98.7 Å². The molecule has 26 heavy (non-hydrogen) atoms. The molecular weight excluding hydrogens is 334 g/mol. The number of nitrogens with zero attached hydrogens (tertiary/aromatic N) is 1. The van der Waals surface area contributed by atoms with Gasteiger partial charge >= 0.3 is 5.97 Å². The summed E-state index contributed by atoms with van der Waals surface area (Å²) in [5.41, 5.74) is 0. The molecule has 2 heterocycles. The van der Waals surface area contributed by atoms with Crippen molar-refractivity contribution in [1.82, 2.24) is 15.5 Å². The van der Waals surface area contributed by atoms with E-state index >= 15 is 0 Å². The summed E-state index contributed by atoms with van der Waals surface area (Å²) >= 11 is 0. The number of carboxylic acids is 1. The van der Waals surface area contributed by atoms with E-state index in [9.17, 15) is 14.4 Å². The first-order valence-electron chi connectivity index (χ1n) is 9.46. The normalized spacial score (nSPS) is 22.5. The summed E-state index contributed by atoms with van der Waals surface area (Å²) in [6.45, 7) is 3.61. The lowest BCUT2D eigenvalue weighted by molar-refractivity contribution is -0.142. The van der Waals surface area contributed by atoms with Gasteiger partial charge in [-0.05, 0) is 51.1 Å². The van der Waals surface area contributed by atoms with Crippen molar-refractivity contribution in [2.75, 3.05) is 26.2 Å². The third-order valence-corrected chi connectivity index (χ3v) is 5.25. The summed E-state index contributed by atoms with van der Waals surface area (Å²) < 4.78 is 0. The van der Waals surface area contributed by atoms with Crippen LogP contribution in [0.5, 0.6) is 0 Å². The molecular formula is C19H29N3O4. The van der Waals surface area contributed by atoms with Crippen LogP contribution >= 0.6 is 0 Å². The molecule has 0 radical (unpaired) electrons. The fourth-order valence-corrected chi connectivity index (χ4v) is 3.74. The molecule has 0 bridgehead atoms. The number of amides is 2. The van der Waals surface area contributed by atoms with Gasteiger partial charge in [0.25, 0.3) is 0 Å². The molecule has 2 aliphatic rings. The Hall–Kier alpha value is -2.07. The van der Waals surface area contributed by atoms with E-state index in [2.05, 4.69) is 16.6 Å². The van der Waals surface area contributed by atoms with Gasteiger partial charge in [0.2, 0.25) is 11.8 Å². The van der Waals surface area contributed by atoms with Gasteiger partial charge < -0.3 is 20.6 Å². The largest absolute Gasteiger partial charge is 0.481 e. The fraction of sp³-hybridized carbons (Fsp3) is 0.737. The number of hydrogen-bond donors (Lipinski definition) is 3. The van der Waals surface area contributed by atoms with Crippen molar-refractivity contribution in [2.24, 2.45) is 11.8 Å². The molecule has 0 spiro atoms.